The molecule has 1 heterocycles. The fourth-order valence-electron chi connectivity index (χ4n) is 3.31. The van der Waals surface area contributed by atoms with Gasteiger partial charge in [0.1, 0.15) is 5.75 Å². The van der Waals surface area contributed by atoms with Crippen LogP contribution in [0.5, 0.6) is 5.75 Å². The highest BCUT2D eigenvalue weighted by atomic mass is 79.9. The number of phenols is 1. The molecule has 5 heteroatoms. The summed E-state index contributed by atoms with van der Waals surface area (Å²) in [5.74, 6) is 0.356. The Bertz CT molecular complexity index is 470. The summed E-state index contributed by atoms with van der Waals surface area (Å²) in [7, 11) is 1.77. The first-order valence-electron chi connectivity index (χ1n) is 7.57. The second-order valence-electron chi connectivity index (χ2n) is 5.64. The van der Waals surface area contributed by atoms with Crippen LogP contribution in [0.15, 0.2) is 22.7 Å². The van der Waals surface area contributed by atoms with Gasteiger partial charge in [-0.1, -0.05) is 22.9 Å². The fraction of sp³-hybridized carbons (Fsp3) is 0.625. The topological polar surface area (TPSA) is 58.7 Å². The number of phenolic OH excluding ortho intramolecular Hbond substituents is 1. The molecule has 1 aliphatic heterocycles. The molecule has 2 rings (SSSR count). The zero-order valence-electron chi connectivity index (χ0n) is 12.8. The van der Waals surface area contributed by atoms with Crippen molar-refractivity contribution in [2.75, 3.05) is 20.2 Å². The number of nitrogens with zero attached hydrogens (tertiary/aromatic N) is 1. The van der Waals surface area contributed by atoms with Gasteiger partial charge in [0.05, 0.1) is 6.10 Å². The average Bonchev–Trinajstić information content (AvgIpc) is 2.51. The third-order valence-electron chi connectivity index (χ3n) is 4.45. The van der Waals surface area contributed by atoms with Gasteiger partial charge in [0.25, 0.3) is 0 Å². The molecule has 0 aromatic heterocycles. The molecule has 0 saturated carbocycles. The normalized spacial score (nSPS) is 25.0. The first kappa shape index (κ1) is 16.7. The first-order valence-corrected chi connectivity index (χ1v) is 8.37. The molecule has 1 fully saturated rings. The van der Waals surface area contributed by atoms with Crippen molar-refractivity contribution in [3.05, 3.63) is 28.2 Å². The van der Waals surface area contributed by atoms with Crippen molar-refractivity contribution in [1.29, 1.82) is 0 Å². The van der Waals surface area contributed by atoms with Crippen LogP contribution in [0.2, 0.25) is 0 Å². The molecular formula is C16H25BrN2O2. The van der Waals surface area contributed by atoms with E-state index >= 15 is 0 Å². The summed E-state index contributed by atoms with van der Waals surface area (Å²) in [4.78, 5) is 2.43. The fourth-order valence-corrected chi connectivity index (χ4v) is 3.69. The number of benzene rings is 1. The highest BCUT2D eigenvalue weighted by molar-refractivity contribution is 9.10. The van der Waals surface area contributed by atoms with E-state index in [-0.39, 0.29) is 6.04 Å². The Hall–Kier alpha value is -0.620. The number of hydrogen-bond acceptors (Lipinski definition) is 4. The molecule has 0 aliphatic carbocycles. The molecule has 3 N–H and O–H groups in total. The van der Waals surface area contributed by atoms with Crippen molar-refractivity contribution in [3.63, 3.8) is 0 Å². The van der Waals surface area contributed by atoms with Crippen molar-refractivity contribution in [1.82, 2.24) is 4.90 Å². The number of ether oxygens (including phenoxy) is 1. The lowest BCUT2D eigenvalue weighted by Crippen LogP contribution is -2.49. The summed E-state index contributed by atoms with van der Waals surface area (Å²) >= 11 is 3.50. The molecule has 0 bridgehead atoms. The predicted octanol–water partition coefficient (Wildman–Crippen LogP) is 3.04. The van der Waals surface area contributed by atoms with Crippen LogP contribution >= 0.6 is 15.9 Å². The predicted molar refractivity (Wildman–Crippen MR) is 88.4 cm³/mol. The molecule has 4 nitrogen and oxygen atoms in total. The minimum atomic E-state index is 0.189. The van der Waals surface area contributed by atoms with Crippen LogP contribution in [-0.4, -0.2) is 42.4 Å². The summed E-state index contributed by atoms with van der Waals surface area (Å²) in [6.07, 6.45) is 3.21. The van der Waals surface area contributed by atoms with Crippen molar-refractivity contribution >= 4 is 15.9 Å². The van der Waals surface area contributed by atoms with Gasteiger partial charge in [-0.3, -0.25) is 4.90 Å². The number of hydrogen-bond donors (Lipinski definition) is 2. The Morgan fingerprint density at radius 2 is 2.29 bits per heavy atom. The smallest absolute Gasteiger partial charge is 0.120 e. The van der Waals surface area contributed by atoms with E-state index < -0.39 is 0 Å². The largest absolute Gasteiger partial charge is 0.508 e. The number of halogens is 1. The minimum Gasteiger partial charge on any atom is -0.508 e. The molecule has 3 atom stereocenters. The van der Waals surface area contributed by atoms with Crippen LogP contribution in [-0.2, 0) is 4.74 Å². The number of aromatic hydroxyl groups is 1. The van der Waals surface area contributed by atoms with Crippen molar-refractivity contribution in [2.24, 2.45) is 5.73 Å². The van der Waals surface area contributed by atoms with Crippen LogP contribution < -0.4 is 5.73 Å². The minimum absolute atomic E-state index is 0.189. The lowest BCUT2D eigenvalue weighted by molar-refractivity contribution is -0.00589. The lowest BCUT2D eigenvalue weighted by Gasteiger charge is -2.43. The number of likely N-dealkylation sites (tertiary alicyclic amines) is 1. The van der Waals surface area contributed by atoms with Crippen LogP contribution in [0.1, 0.15) is 37.8 Å². The van der Waals surface area contributed by atoms with E-state index in [0.29, 0.717) is 24.4 Å². The van der Waals surface area contributed by atoms with Gasteiger partial charge in [-0.15, -0.1) is 0 Å². The second kappa shape index (κ2) is 7.58. The number of nitrogens with two attached hydrogens (primary N) is 1. The molecule has 0 radical (unpaired) electrons. The van der Waals surface area contributed by atoms with E-state index in [4.69, 9.17) is 10.5 Å². The Morgan fingerprint density at radius 1 is 1.52 bits per heavy atom. The quantitative estimate of drug-likeness (QED) is 0.851. The molecule has 0 spiro atoms. The van der Waals surface area contributed by atoms with Gasteiger partial charge in [-0.05, 0) is 37.5 Å². The van der Waals surface area contributed by atoms with Gasteiger partial charge in [0, 0.05) is 42.3 Å². The molecule has 118 valence electrons. The third-order valence-corrected chi connectivity index (χ3v) is 4.95. The summed E-state index contributed by atoms with van der Waals surface area (Å²) in [5, 5.41) is 10.2. The standard InChI is InChI=1S/C16H25BrN2O2/c1-3-15(14-8-11(17)4-5-16(14)20)19-7-6-13(21-2)9-12(19)10-18/h4-5,8,12-13,15,20H,3,6-7,9-10,18H2,1-2H3. The molecule has 1 aliphatic rings. The Labute approximate surface area is 135 Å². The van der Waals surface area contributed by atoms with Crippen LogP contribution in [0.25, 0.3) is 0 Å². The summed E-state index contributed by atoms with van der Waals surface area (Å²) in [6.45, 7) is 3.72. The molecule has 1 aromatic rings. The van der Waals surface area contributed by atoms with Crippen LogP contribution in [0.4, 0.5) is 0 Å². The highest BCUT2D eigenvalue weighted by Crippen LogP contribution is 2.36. The molecule has 1 aromatic carbocycles. The molecule has 21 heavy (non-hydrogen) atoms. The summed E-state index contributed by atoms with van der Waals surface area (Å²) in [6, 6.07) is 6.12. The Morgan fingerprint density at radius 3 is 2.90 bits per heavy atom. The van der Waals surface area contributed by atoms with Crippen molar-refractivity contribution < 1.29 is 9.84 Å². The van der Waals surface area contributed by atoms with Gasteiger partial charge in [-0.25, -0.2) is 0 Å². The monoisotopic (exact) mass is 356 g/mol. The molecule has 1 saturated heterocycles. The van der Waals surface area contributed by atoms with Gasteiger partial charge >= 0.3 is 0 Å². The summed E-state index contributed by atoms with van der Waals surface area (Å²) < 4.78 is 6.48. The molecular weight excluding hydrogens is 332 g/mol. The number of rotatable bonds is 5. The van der Waals surface area contributed by atoms with Gasteiger partial charge in [0.2, 0.25) is 0 Å². The third kappa shape index (κ3) is 3.77. The van der Waals surface area contributed by atoms with Gasteiger partial charge in [0.15, 0.2) is 0 Å². The Balaban J connectivity index is 2.25. The van der Waals surface area contributed by atoms with Crippen LogP contribution in [0.3, 0.4) is 0 Å². The Kier molecular flexibility index (Phi) is 6.05. The summed E-state index contributed by atoms with van der Waals surface area (Å²) in [5.41, 5.74) is 6.95. The van der Waals surface area contributed by atoms with E-state index in [9.17, 15) is 5.11 Å². The second-order valence-corrected chi connectivity index (χ2v) is 6.55. The SMILES string of the molecule is CCC(c1cc(Br)ccc1O)N1CCC(OC)CC1CN. The number of piperidine rings is 1. The molecule has 3 unspecified atom stereocenters. The zero-order valence-corrected chi connectivity index (χ0v) is 14.3. The molecule has 0 amide bonds. The average molecular weight is 357 g/mol. The van der Waals surface area contributed by atoms with Crippen LogP contribution in [0, 0.1) is 0 Å². The maximum Gasteiger partial charge on any atom is 0.120 e. The van der Waals surface area contributed by atoms with E-state index in [1.807, 2.05) is 12.1 Å². The zero-order chi connectivity index (χ0) is 15.4. The van der Waals surface area contributed by atoms with E-state index in [1.165, 1.54) is 0 Å². The maximum atomic E-state index is 10.2. The number of methoxy groups -OCH3 is 1. The van der Waals surface area contributed by atoms with Gasteiger partial charge in [-0.2, -0.15) is 0 Å². The van der Waals surface area contributed by atoms with Crippen molar-refractivity contribution in [3.8, 4) is 5.75 Å². The van der Waals surface area contributed by atoms with Gasteiger partial charge < -0.3 is 15.6 Å². The lowest BCUT2D eigenvalue weighted by atomic mass is 9.93. The van der Waals surface area contributed by atoms with E-state index in [2.05, 4.69) is 27.8 Å². The van der Waals surface area contributed by atoms with E-state index in [1.54, 1.807) is 13.2 Å². The van der Waals surface area contributed by atoms with E-state index in [0.717, 1.165) is 35.8 Å². The highest BCUT2D eigenvalue weighted by Gasteiger charge is 2.33. The maximum absolute atomic E-state index is 10.2. The first-order chi connectivity index (χ1) is 10.1. The van der Waals surface area contributed by atoms with Crippen molar-refractivity contribution in [2.45, 2.75) is 44.4 Å².